The van der Waals surface area contributed by atoms with Crippen molar-refractivity contribution in [2.45, 2.75) is 135 Å². The van der Waals surface area contributed by atoms with Gasteiger partial charge in [0.15, 0.2) is 0 Å². The van der Waals surface area contributed by atoms with Crippen LogP contribution in [-0.2, 0) is 4.79 Å². The summed E-state index contributed by atoms with van der Waals surface area (Å²) in [5, 5.41) is 3.05. The standard InChI is InChI=1S/C23H46NO/c1-5-7-8-9-10-11-12-13-14-15-16-17-18-19-20-21-22(25)24-23(3,4)6-2/h2,5-21H2,1,3-4H3,(H,24,25). The highest BCUT2D eigenvalue weighted by molar-refractivity contribution is 5.76. The van der Waals surface area contributed by atoms with E-state index in [1.807, 2.05) is 13.8 Å². The van der Waals surface area contributed by atoms with Crippen LogP contribution in [0, 0.1) is 6.92 Å². The van der Waals surface area contributed by atoms with Crippen LogP contribution >= 0.6 is 0 Å². The fourth-order valence-electron chi connectivity index (χ4n) is 3.16. The molecule has 0 aromatic heterocycles. The third kappa shape index (κ3) is 18.1. The Morgan fingerprint density at radius 2 is 1.08 bits per heavy atom. The van der Waals surface area contributed by atoms with Crippen molar-refractivity contribution < 1.29 is 4.79 Å². The molecule has 0 saturated heterocycles. The Bertz CT molecular complexity index is 298. The molecule has 0 aromatic rings. The molecule has 0 spiro atoms. The van der Waals surface area contributed by atoms with E-state index in [2.05, 4.69) is 19.2 Å². The molecule has 0 heterocycles. The van der Waals surface area contributed by atoms with E-state index in [1.54, 1.807) is 0 Å². The zero-order valence-corrected chi connectivity index (χ0v) is 17.6. The summed E-state index contributed by atoms with van der Waals surface area (Å²) in [6.07, 6.45) is 21.8. The van der Waals surface area contributed by atoms with Crippen molar-refractivity contribution in [1.82, 2.24) is 5.32 Å². The summed E-state index contributed by atoms with van der Waals surface area (Å²) in [6, 6.07) is 0. The first-order chi connectivity index (χ1) is 12.0. The van der Waals surface area contributed by atoms with Gasteiger partial charge >= 0.3 is 0 Å². The van der Waals surface area contributed by atoms with E-state index in [-0.39, 0.29) is 11.4 Å². The molecule has 0 aliphatic rings. The van der Waals surface area contributed by atoms with Crippen LogP contribution in [0.3, 0.4) is 0 Å². The summed E-state index contributed by atoms with van der Waals surface area (Å²) in [5.74, 6) is 0.184. The monoisotopic (exact) mass is 352 g/mol. The molecule has 0 fully saturated rings. The summed E-state index contributed by atoms with van der Waals surface area (Å²) in [5.41, 5.74) is -0.160. The quantitative estimate of drug-likeness (QED) is 0.256. The average Bonchev–Trinajstić information content (AvgIpc) is 2.58. The lowest BCUT2D eigenvalue weighted by Crippen LogP contribution is -2.42. The lowest BCUT2D eigenvalue weighted by Gasteiger charge is -2.24. The van der Waals surface area contributed by atoms with Crippen LogP contribution in [-0.4, -0.2) is 11.4 Å². The Hall–Kier alpha value is -0.530. The minimum Gasteiger partial charge on any atom is -0.351 e. The molecule has 0 aromatic carbocycles. The molecule has 1 amide bonds. The van der Waals surface area contributed by atoms with Crippen molar-refractivity contribution in [3.05, 3.63) is 6.92 Å². The second kappa shape index (κ2) is 16.9. The zero-order valence-electron chi connectivity index (χ0n) is 17.6. The van der Waals surface area contributed by atoms with Gasteiger partial charge in [-0.25, -0.2) is 0 Å². The van der Waals surface area contributed by atoms with E-state index >= 15 is 0 Å². The SMILES string of the molecule is [CH2]CC(C)(C)NC(=O)CCCCCCCCCCCCCCCCC. The first kappa shape index (κ1) is 24.5. The van der Waals surface area contributed by atoms with Gasteiger partial charge < -0.3 is 5.32 Å². The third-order valence-electron chi connectivity index (χ3n) is 5.11. The highest BCUT2D eigenvalue weighted by atomic mass is 16.1. The van der Waals surface area contributed by atoms with Crippen LogP contribution in [0.4, 0.5) is 0 Å². The molecule has 25 heavy (non-hydrogen) atoms. The van der Waals surface area contributed by atoms with Gasteiger partial charge in [-0.1, -0.05) is 104 Å². The number of hydrogen-bond acceptors (Lipinski definition) is 1. The molecule has 0 saturated carbocycles. The fraction of sp³-hybridized carbons (Fsp3) is 0.913. The van der Waals surface area contributed by atoms with E-state index in [0.29, 0.717) is 6.42 Å². The van der Waals surface area contributed by atoms with Gasteiger partial charge in [0.1, 0.15) is 0 Å². The van der Waals surface area contributed by atoms with Gasteiger partial charge in [0.05, 0.1) is 0 Å². The number of carbonyl (C=O) groups is 1. The molecule has 2 nitrogen and oxygen atoms in total. The Kier molecular flexibility index (Phi) is 16.6. The maximum Gasteiger partial charge on any atom is 0.220 e. The number of rotatable bonds is 18. The van der Waals surface area contributed by atoms with Gasteiger partial charge in [0.25, 0.3) is 0 Å². The van der Waals surface area contributed by atoms with E-state index in [1.165, 1.54) is 89.9 Å². The Morgan fingerprint density at radius 3 is 1.44 bits per heavy atom. The number of carbonyl (C=O) groups excluding carboxylic acids is 1. The van der Waals surface area contributed by atoms with Crippen molar-refractivity contribution in [3.63, 3.8) is 0 Å². The summed E-state index contributed by atoms with van der Waals surface area (Å²) in [4.78, 5) is 11.8. The minimum atomic E-state index is -0.160. The van der Waals surface area contributed by atoms with Gasteiger partial charge in [-0.2, -0.15) is 0 Å². The van der Waals surface area contributed by atoms with Crippen molar-refractivity contribution in [1.29, 1.82) is 0 Å². The molecule has 0 rings (SSSR count). The highest BCUT2D eigenvalue weighted by Gasteiger charge is 2.16. The molecule has 0 unspecified atom stereocenters. The van der Waals surface area contributed by atoms with Gasteiger partial charge in [-0.15, -0.1) is 0 Å². The highest BCUT2D eigenvalue weighted by Crippen LogP contribution is 2.14. The number of hydrogen-bond donors (Lipinski definition) is 1. The molecule has 0 aliphatic heterocycles. The first-order valence-corrected chi connectivity index (χ1v) is 11.1. The molecule has 1 N–H and O–H groups in total. The van der Waals surface area contributed by atoms with Gasteiger partial charge in [-0.05, 0) is 26.7 Å². The van der Waals surface area contributed by atoms with Crippen LogP contribution < -0.4 is 5.32 Å². The Morgan fingerprint density at radius 1 is 0.720 bits per heavy atom. The lowest BCUT2D eigenvalue weighted by atomic mass is 10.0. The molecular formula is C23H46NO. The molecule has 0 atom stereocenters. The molecular weight excluding hydrogens is 306 g/mol. The summed E-state index contributed by atoms with van der Waals surface area (Å²) < 4.78 is 0. The van der Waals surface area contributed by atoms with Gasteiger partial charge in [0, 0.05) is 12.0 Å². The number of amides is 1. The van der Waals surface area contributed by atoms with Crippen LogP contribution in [0.5, 0.6) is 0 Å². The summed E-state index contributed by atoms with van der Waals surface area (Å²) in [6.45, 7) is 10.2. The van der Waals surface area contributed by atoms with Gasteiger partial charge in [-0.3, -0.25) is 4.79 Å². The molecule has 0 bridgehead atoms. The Balaban J connectivity index is 3.20. The number of nitrogens with one attached hydrogen (secondary N) is 1. The van der Waals surface area contributed by atoms with Gasteiger partial charge in [0.2, 0.25) is 5.91 Å². The van der Waals surface area contributed by atoms with E-state index in [0.717, 1.165) is 12.8 Å². The fourth-order valence-corrected chi connectivity index (χ4v) is 3.16. The number of unbranched alkanes of at least 4 members (excludes halogenated alkanes) is 14. The van der Waals surface area contributed by atoms with E-state index < -0.39 is 0 Å². The maximum absolute atomic E-state index is 11.8. The zero-order chi connectivity index (χ0) is 18.8. The second-order valence-corrected chi connectivity index (χ2v) is 8.38. The van der Waals surface area contributed by atoms with Crippen LogP contribution in [0.15, 0.2) is 0 Å². The first-order valence-electron chi connectivity index (χ1n) is 11.1. The Labute approximate surface area is 158 Å². The topological polar surface area (TPSA) is 29.1 Å². The molecule has 149 valence electrons. The molecule has 0 aliphatic carbocycles. The predicted molar refractivity (Wildman–Crippen MR) is 112 cm³/mol. The third-order valence-corrected chi connectivity index (χ3v) is 5.11. The smallest absolute Gasteiger partial charge is 0.220 e. The average molecular weight is 353 g/mol. The normalized spacial score (nSPS) is 11.7. The minimum absolute atomic E-state index is 0.160. The predicted octanol–water partition coefficient (Wildman–Crippen LogP) is 7.37. The van der Waals surface area contributed by atoms with Crippen LogP contribution in [0.25, 0.3) is 0 Å². The van der Waals surface area contributed by atoms with Crippen LogP contribution in [0.2, 0.25) is 0 Å². The van der Waals surface area contributed by atoms with Crippen molar-refractivity contribution in [2.75, 3.05) is 0 Å². The lowest BCUT2D eigenvalue weighted by molar-refractivity contribution is -0.122. The maximum atomic E-state index is 11.8. The molecule has 2 heteroatoms. The van der Waals surface area contributed by atoms with Crippen molar-refractivity contribution in [3.8, 4) is 0 Å². The molecule has 1 radical (unpaired) electrons. The van der Waals surface area contributed by atoms with E-state index in [4.69, 9.17) is 0 Å². The second-order valence-electron chi connectivity index (χ2n) is 8.38. The van der Waals surface area contributed by atoms with Crippen molar-refractivity contribution >= 4 is 5.91 Å². The summed E-state index contributed by atoms with van der Waals surface area (Å²) in [7, 11) is 0. The van der Waals surface area contributed by atoms with E-state index in [9.17, 15) is 4.79 Å². The summed E-state index contributed by atoms with van der Waals surface area (Å²) >= 11 is 0. The van der Waals surface area contributed by atoms with Crippen molar-refractivity contribution in [2.24, 2.45) is 0 Å². The van der Waals surface area contributed by atoms with Crippen LogP contribution in [0.1, 0.15) is 130 Å². The largest absolute Gasteiger partial charge is 0.351 e.